The zero-order valence-electron chi connectivity index (χ0n) is 21.4. The van der Waals surface area contributed by atoms with Gasteiger partial charge in [0.15, 0.2) is 0 Å². The van der Waals surface area contributed by atoms with Gasteiger partial charge in [0.05, 0.1) is 13.5 Å². The van der Waals surface area contributed by atoms with Crippen molar-refractivity contribution in [2.24, 2.45) is 0 Å². The van der Waals surface area contributed by atoms with Gasteiger partial charge >= 0.3 is 19.0 Å². The third kappa shape index (κ3) is 4.70. The molecule has 37 heavy (non-hydrogen) atoms. The van der Waals surface area contributed by atoms with Crippen molar-refractivity contribution in [2.45, 2.75) is 33.1 Å². The predicted molar refractivity (Wildman–Crippen MR) is 139 cm³/mol. The van der Waals surface area contributed by atoms with Crippen LogP contribution in [0.25, 0.3) is 11.1 Å². The van der Waals surface area contributed by atoms with Gasteiger partial charge < -0.3 is 22.4 Å². The third-order valence-corrected chi connectivity index (χ3v) is 7.25. The van der Waals surface area contributed by atoms with E-state index in [2.05, 4.69) is 0 Å². The smallest absolute Gasteiger partial charge is 0.469 e. The largest absolute Gasteiger partial charge is 0.510 e. The van der Waals surface area contributed by atoms with Crippen LogP contribution in [0, 0.1) is 20.8 Å². The predicted octanol–water partition coefficient (Wildman–Crippen LogP) is 5.77. The monoisotopic (exact) mass is 510 g/mol. The number of nitrogens with zero attached hydrogens (tertiary/aromatic N) is 1. The zero-order valence-corrected chi connectivity index (χ0v) is 21.4. The number of amides is 1. The van der Waals surface area contributed by atoms with E-state index >= 15 is 0 Å². The molecule has 0 unspecified atom stereocenters. The van der Waals surface area contributed by atoms with Gasteiger partial charge in [-0.1, -0.05) is 59.7 Å². The Kier molecular flexibility index (Phi) is 7.08. The van der Waals surface area contributed by atoms with Crippen LogP contribution in [0.4, 0.5) is 23.4 Å². The number of halogens is 3. The Bertz CT molecular complexity index is 1340. The molecule has 3 aromatic carbocycles. The van der Waals surface area contributed by atoms with Crippen LogP contribution in [0.5, 0.6) is 0 Å². The Morgan fingerprint density at radius 1 is 0.892 bits per heavy atom. The van der Waals surface area contributed by atoms with Gasteiger partial charge in [0.2, 0.25) is 0 Å². The summed E-state index contributed by atoms with van der Waals surface area (Å²) in [4.78, 5) is 26.3. The summed E-state index contributed by atoms with van der Waals surface area (Å²) < 4.78 is 52.8. The molecular weight excluding hydrogens is 482 g/mol. The van der Waals surface area contributed by atoms with Crippen LogP contribution < -0.4 is 10.4 Å². The molecule has 1 aliphatic carbocycles. The lowest BCUT2D eigenvalue weighted by atomic mass is 9.71. The minimum Gasteiger partial charge on any atom is -0.469 e. The van der Waals surface area contributed by atoms with E-state index in [1.807, 2.05) is 48.5 Å². The molecule has 0 heterocycles. The standard InChI is InChI=1S/C28H28BF3NO4/c1-16-23(14-25(34)36-5)17(2)27(18(3)26(16)29(30,31)32)33(4)28(35)37-15-24-21-12-8-6-10-19(21)20-11-7-9-13-22(20)24/h6-13,24H,14-15H2,1-5H3/q-1. The van der Waals surface area contributed by atoms with Crippen LogP contribution in [0.3, 0.4) is 0 Å². The number of anilines is 1. The van der Waals surface area contributed by atoms with Crippen molar-refractivity contribution < 1.29 is 32.0 Å². The topological polar surface area (TPSA) is 55.8 Å². The van der Waals surface area contributed by atoms with Gasteiger partial charge in [0, 0.05) is 18.7 Å². The molecule has 0 bridgehead atoms. The SMILES string of the molecule is COC(=O)Cc1c(C)c(N(C)C(=O)OCC2c3ccccc3-c3ccccc32)c(C)c([B-](F)(F)F)c1C. The van der Waals surface area contributed by atoms with Crippen molar-refractivity contribution in [1.29, 1.82) is 0 Å². The van der Waals surface area contributed by atoms with Gasteiger partial charge in [-0.05, 0) is 54.2 Å². The minimum atomic E-state index is -5.41. The molecule has 5 nitrogen and oxygen atoms in total. The molecule has 3 aromatic rings. The van der Waals surface area contributed by atoms with Gasteiger partial charge in [-0.2, -0.15) is 0 Å². The first-order chi connectivity index (χ1) is 17.5. The maximum Gasteiger partial charge on any atom is 0.510 e. The highest BCUT2D eigenvalue weighted by Gasteiger charge is 2.35. The van der Waals surface area contributed by atoms with Crippen molar-refractivity contribution in [1.82, 2.24) is 0 Å². The molecule has 1 aliphatic rings. The highest BCUT2D eigenvalue weighted by Crippen LogP contribution is 2.44. The highest BCUT2D eigenvalue weighted by molar-refractivity contribution is 6.74. The van der Waals surface area contributed by atoms with E-state index in [0.717, 1.165) is 27.2 Å². The number of carbonyl (C=O) groups is 2. The fraction of sp³-hybridized carbons (Fsp3) is 0.286. The Balaban J connectivity index is 1.67. The molecule has 0 saturated carbocycles. The molecular formula is C28H28BF3NO4-. The second-order valence-corrected chi connectivity index (χ2v) is 9.31. The van der Waals surface area contributed by atoms with Crippen LogP contribution in [-0.4, -0.2) is 39.8 Å². The third-order valence-electron chi connectivity index (χ3n) is 7.25. The molecule has 0 N–H and O–H groups in total. The van der Waals surface area contributed by atoms with Crippen molar-refractivity contribution in [3.63, 3.8) is 0 Å². The summed E-state index contributed by atoms with van der Waals surface area (Å²) in [6.07, 6.45) is -1.11. The Hall–Kier alpha value is -3.75. The van der Waals surface area contributed by atoms with Gasteiger partial charge in [-0.3, -0.25) is 9.69 Å². The van der Waals surface area contributed by atoms with E-state index in [1.165, 1.54) is 28.0 Å². The molecule has 0 atom stereocenters. The summed E-state index contributed by atoms with van der Waals surface area (Å²) in [5.41, 5.74) is 3.97. The lowest BCUT2D eigenvalue weighted by Crippen LogP contribution is -2.41. The lowest BCUT2D eigenvalue weighted by Gasteiger charge is -2.31. The number of ether oxygens (including phenoxy) is 2. The average Bonchev–Trinajstić information content (AvgIpc) is 3.17. The van der Waals surface area contributed by atoms with Crippen molar-refractivity contribution in [3.8, 4) is 11.1 Å². The second kappa shape index (κ2) is 9.96. The van der Waals surface area contributed by atoms with Gasteiger partial charge in [-0.25, -0.2) is 4.79 Å². The lowest BCUT2D eigenvalue weighted by molar-refractivity contribution is -0.139. The quantitative estimate of drug-likeness (QED) is 0.312. The molecule has 1 amide bonds. The molecule has 0 fully saturated rings. The van der Waals surface area contributed by atoms with Crippen LogP contribution in [0.15, 0.2) is 48.5 Å². The Labute approximate surface area is 214 Å². The first kappa shape index (κ1) is 26.3. The highest BCUT2D eigenvalue weighted by atomic mass is 19.4. The zero-order chi connectivity index (χ0) is 27.1. The maximum atomic E-state index is 14.1. The minimum absolute atomic E-state index is 0.0300. The van der Waals surface area contributed by atoms with E-state index in [4.69, 9.17) is 9.47 Å². The van der Waals surface area contributed by atoms with E-state index in [0.29, 0.717) is 5.56 Å². The normalized spacial score (nSPS) is 12.6. The molecule has 0 spiro atoms. The van der Waals surface area contributed by atoms with Crippen molar-refractivity contribution in [3.05, 3.63) is 81.9 Å². The van der Waals surface area contributed by atoms with Crippen molar-refractivity contribution >= 4 is 30.2 Å². The van der Waals surface area contributed by atoms with E-state index in [1.54, 1.807) is 6.92 Å². The van der Waals surface area contributed by atoms with E-state index in [9.17, 15) is 22.5 Å². The molecule has 0 saturated heterocycles. The summed E-state index contributed by atoms with van der Waals surface area (Å²) in [5.74, 6) is -0.848. The molecule has 4 rings (SSSR count). The summed E-state index contributed by atoms with van der Waals surface area (Å²) in [5, 5.41) is 0. The van der Waals surface area contributed by atoms with Crippen LogP contribution in [-0.2, 0) is 20.7 Å². The summed E-state index contributed by atoms with van der Waals surface area (Å²) in [6.45, 7) is -1.08. The molecule has 0 aromatic heterocycles. The number of rotatable bonds is 6. The second-order valence-electron chi connectivity index (χ2n) is 9.31. The fourth-order valence-corrected chi connectivity index (χ4v) is 5.53. The average molecular weight is 510 g/mol. The van der Waals surface area contributed by atoms with Gasteiger partial charge in [0.25, 0.3) is 0 Å². The summed E-state index contributed by atoms with van der Waals surface area (Å²) in [7, 11) is 2.57. The molecule has 9 heteroatoms. The van der Waals surface area contributed by atoms with E-state index in [-0.39, 0.29) is 41.3 Å². The fourth-order valence-electron chi connectivity index (χ4n) is 5.53. The first-order valence-electron chi connectivity index (χ1n) is 11.9. The molecule has 194 valence electrons. The number of benzene rings is 3. The first-order valence-corrected chi connectivity index (χ1v) is 11.9. The number of fused-ring (bicyclic) bond motifs is 3. The van der Waals surface area contributed by atoms with Crippen molar-refractivity contribution in [2.75, 3.05) is 25.7 Å². The van der Waals surface area contributed by atoms with Gasteiger partial charge in [0.1, 0.15) is 6.61 Å². The number of carbonyl (C=O) groups excluding carboxylic acids is 2. The number of methoxy groups -OCH3 is 1. The molecule has 0 radical (unpaired) electrons. The maximum absolute atomic E-state index is 14.1. The summed E-state index contributed by atoms with van der Waals surface area (Å²) >= 11 is 0. The number of esters is 1. The number of hydrogen-bond acceptors (Lipinski definition) is 4. The van der Waals surface area contributed by atoms with E-state index < -0.39 is 24.5 Å². The van der Waals surface area contributed by atoms with Crippen LogP contribution in [0.1, 0.15) is 39.3 Å². The Morgan fingerprint density at radius 2 is 1.43 bits per heavy atom. The summed E-state index contributed by atoms with van der Waals surface area (Å²) in [6, 6.07) is 15.8. The Morgan fingerprint density at radius 3 is 1.95 bits per heavy atom. The van der Waals surface area contributed by atoms with Crippen LogP contribution in [0.2, 0.25) is 0 Å². The number of hydrogen-bond donors (Lipinski definition) is 0. The molecule has 0 aliphatic heterocycles. The van der Waals surface area contributed by atoms with Gasteiger partial charge in [-0.15, -0.1) is 5.46 Å². The van der Waals surface area contributed by atoms with Crippen LogP contribution >= 0.6 is 0 Å².